The molecular formula is C46H24ClN3OS. The lowest BCUT2D eigenvalue weighted by Crippen LogP contribution is -1.95. The Morgan fingerprint density at radius 1 is 0.538 bits per heavy atom. The van der Waals surface area contributed by atoms with Crippen molar-refractivity contribution in [3.05, 3.63) is 151 Å². The van der Waals surface area contributed by atoms with E-state index in [1.165, 1.54) is 32.3 Å². The largest absolute Gasteiger partial charge is 0.453 e. The summed E-state index contributed by atoms with van der Waals surface area (Å²) < 4.78 is 10.6. The summed E-state index contributed by atoms with van der Waals surface area (Å²) in [5.41, 5.74) is 7.42. The average Bonchev–Trinajstić information content (AvgIpc) is 3.87. The maximum Gasteiger partial charge on any atom is 0.160 e. The Morgan fingerprint density at radius 2 is 1.21 bits per heavy atom. The van der Waals surface area contributed by atoms with E-state index in [0.717, 1.165) is 75.4 Å². The smallest absolute Gasteiger partial charge is 0.160 e. The molecule has 0 aliphatic rings. The molecule has 4 nitrogen and oxygen atoms in total. The fourth-order valence-corrected chi connectivity index (χ4v) is 9.62. The number of hydrogen-bond donors (Lipinski definition) is 0. The first kappa shape index (κ1) is 28.4. The maximum atomic E-state index is 7.10. The summed E-state index contributed by atoms with van der Waals surface area (Å²) in [4.78, 5) is 10.7. The molecule has 0 unspecified atom stereocenters. The molecule has 6 heteroatoms. The molecule has 12 aromatic rings. The number of halogens is 1. The summed E-state index contributed by atoms with van der Waals surface area (Å²) in [5.74, 6) is 0. The molecule has 8 aromatic carbocycles. The molecule has 0 aliphatic heterocycles. The second kappa shape index (κ2) is 10.4. The predicted octanol–water partition coefficient (Wildman–Crippen LogP) is 13.6. The van der Waals surface area contributed by atoms with Crippen LogP contribution in [0.15, 0.2) is 150 Å². The van der Waals surface area contributed by atoms with Gasteiger partial charge in [0.15, 0.2) is 10.7 Å². The van der Waals surface area contributed by atoms with E-state index in [1.54, 1.807) is 11.3 Å². The van der Waals surface area contributed by atoms with Crippen molar-refractivity contribution in [2.45, 2.75) is 0 Å². The third kappa shape index (κ3) is 3.81. The van der Waals surface area contributed by atoms with Gasteiger partial charge < -0.3 is 8.98 Å². The summed E-state index contributed by atoms with van der Waals surface area (Å²) in [6.07, 6.45) is 0. The van der Waals surface area contributed by atoms with Crippen LogP contribution in [0.5, 0.6) is 0 Å². The molecule has 0 saturated heterocycles. The standard InChI is InChI=1S/C46H24ClN3OS/c47-45-40(49-46-41(48-45)33-15-7-8-16-37(33)52-46)26-17-20-29(21-18-26)50-36-24-28-11-2-1-10-27(28)23-35(36)38-31-13-5-6-14-32(31)39-34-22-19-25-9-3-4-12-30(25)43(34)51-44(39)42(38)50/h1-24H. The van der Waals surface area contributed by atoms with Crippen LogP contribution in [-0.4, -0.2) is 14.5 Å². The molecule has 0 bridgehead atoms. The van der Waals surface area contributed by atoms with Gasteiger partial charge in [-0.05, 0) is 63.3 Å². The van der Waals surface area contributed by atoms with E-state index in [9.17, 15) is 0 Å². The molecule has 4 aromatic heterocycles. The van der Waals surface area contributed by atoms with Crippen LogP contribution in [0.2, 0.25) is 5.15 Å². The van der Waals surface area contributed by atoms with Crippen LogP contribution in [0.4, 0.5) is 0 Å². The number of thiophene rings is 1. The van der Waals surface area contributed by atoms with Gasteiger partial charge in [-0.25, -0.2) is 9.97 Å². The number of benzene rings is 8. The first-order valence-corrected chi connectivity index (χ1v) is 18.5. The van der Waals surface area contributed by atoms with Crippen molar-refractivity contribution in [2.24, 2.45) is 0 Å². The zero-order valence-electron chi connectivity index (χ0n) is 27.4. The summed E-state index contributed by atoms with van der Waals surface area (Å²) in [6.45, 7) is 0. The van der Waals surface area contributed by atoms with E-state index >= 15 is 0 Å². The Labute approximate surface area is 304 Å². The summed E-state index contributed by atoms with van der Waals surface area (Å²) in [6, 6.07) is 51.7. The summed E-state index contributed by atoms with van der Waals surface area (Å²) in [5, 5.41) is 13.1. The zero-order valence-corrected chi connectivity index (χ0v) is 29.0. The minimum absolute atomic E-state index is 0.398. The Morgan fingerprint density at radius 3 is 2.02 bits per heavy atom. The molecule has 4 heterocycles. The van der Waals surface area contributed by atoms with Crippen LogP contribution >= 0.6 is 22.9 Å². The number of rotatable bonds is 2. The molecule has 0 saturated carbocycles. The second-order valence-electron chi connectivity index (χ2n) is 13.5. The highest BCUT2D eigenvalue weighted by atomic mass is 35.5. The molecule has 0 N–H and O–H groups in total. The van der Waals surface area contributed by atoms with Gasteiger partial charge in [-0.2, -0.15) is 0 Å². The van der Waals surface area contributed by atoms with Gasteiger partial charge in [-0.3, -0.25) is 0 Å². The highest BCUT2D eigenvalue weighted by Crippen LogP contribution is 2.47. The molecule has 12 rings (SSSR count). The van der Waals surface area contributed by atoms with Crippen molar-refractivity contribution >= 4 is 119 Å². The van der Waals surface area contributed by atoms with Crippen molar-refractivity contribution in [2.75, 3.05) is 0 Å². The highest BCUT2D eigenvalue weighted by Gasteiger charge is 2.24. The van der Waals surface area contributed by atoms with E-state index in [2.05, 4.69) is 138 Å². The van der Waals surface area contributed by atoms with Gasteiger partial charge in [-0.15, -0.1) is 11.3 Å². The second-order valence-corrected chi connectivity index (χ2v) is 14.8. The fourth-order valence-electron chi connectivity index (χ4n) is 8.36. The Balaban J connectivity index is 1.18. The van der Waals surface area contributed by atoms with Crippen LogP contribution in [0.25, 0.3) is 113 Å². The van der Waals surface area contributed by atoms with Crippen molar-refractivity contribution in [3.63, 3.8) is 0 Å². The molecule has 0 amide bonds. The lowest BCUT2D eigenvalue weighted by Gasteiger charge is -2.11. The van der Waals surface area contributed by atoms with Crippen LogP contribution in [-0.2, 0) is 0 Å². The first-order chi connectivity index (χ1) is 25.7. The fraction of sp³-hybridized carbons (Fsp3) is 0. The Bertz CT molecular complexity index is 3480. The Kier molecular flexibility index (Phi) is 5.68. The highest BCUT2D eigenvalue weighted by molar-refractivity contribution is 7.25. The quantitative estimate of drug-likeness (QED) is 0.180. The normalized spacial score (nSPS) is 12.3. The first-order valence-electron chi connectivity index (χ1n) is 17.3. The zero-order chi connectivity index (χ0) is 34.1. The van der Waals surface area contributed by atoms with Gasteiger partial charge in [0.2, 0.25) is 0 Å². The number of nitrogens with zero attached hydrogens (tertiary/aromatic N) is 3. The minimum Gasteiger partial charge on any atom is -0.453 e. The maximum absolute atomic E-state index is 7.10. The van der Waals surface area contributed by atoms with Gasteiger partial charge in [0.1, 0.15) is 21.6 Å². The van der Waals surface area contributed by atoms with Gasteiger partial charge in [0.25, 0.3) is 0 Å². The van der Waals surface area contributed by atoms with Gasteiger partial charge in [0, 0.05) is 48.3 Å². The molecule has 242 valence electrons. The number of furan rings is 1. The topological polar surface area (TPSA) is 43.9 Å². The van der Waals surface area contributed by atoms with E-state index in [-0.39, 0.29) is 0 Å². The van der Waals surface area contributed by atoms with Crippen LogP contribution in [0.1, 0.15) is 0 Å². The summed E-state index contributed by atoms with van der Waals surface area (Å²) in [7, 11) is 0. The third-order valence-corrected chi connectivity index (χ3v) is 12.0. The minimum atomic E-state index is 0.398. The lowest BCUT2D eigenvalue weighted by molar-refractivity contribution is 0.675. The lowest BCUT2D eigenvalue weighted by atomic mass is 9.97. The van der Waals surface area contributed by atoms with Gasteiger partial charge in [-0.1, -0.05) is 121 Å². The van der Waals surface area contributed by atoms with Crippen LogP contribution in [0, 0.1) is 0 Å². The molecular weight excluding hydrogens is 678 g/mol. The summed E-state index contributed by atoms with van der Waals surface area (Å²) >= 11 is 8.50. The number of fused-ring (bicyclic) bond motifs is 16. The van der Waals surface area contributed by atoms with Crippen molar-refractivity contribution in [1.82, 2.24) is 14.5 Å². The van der Waals surface area contributed by atoms with Crippen LogP contribution < -0.4 is 0 Å². The third-order valence-electron chi connectivity index (χ3n) is 10.7. The van der Waals surface area contributed by atoms with Gasteiger partial charge in [0.05, 0.1) is 11.0 Å². The number of aromatic nitrogens is 3. The van der Waals surface area contributed by atoms with Crippen LogP contribution in [0.3, 0.4) is 0 Å². The SMILES string of the molecule is Clc1nc2c(nc1-c1ccc(-n3c4cc5ccccc5cc4c4c5ccccc5c5c6ccc7ccccc7c6oc5c43)cc1)sc1ccccc12. The van der Waals surface area contributed by atoms with Gasteiger partial charge >= 0.3 is 0 Å². The van der Waals surface area contributed by atoms with Crippen molar-refractivity contribution < 1.29 is 4.42 Å². The molecule has 0 radical (unpaired) electrons. The van der Waals surface area contributed by atoms with E-state index in [4.69, 9.17) is 26.0 Å². The molecule has 0 spiro atoms. The monoisotopic (exact) mass is 701 g/mol. The molecule has 0 fully saturated rings. The Hall–Kier alpha value is -6.27. The molecule has 0 atom stereocenters. The van der Waals surface area contributed by atoms with E-state index in [0.29, 0.717) is 10.8 Å². The molecule has 52 heavy (non-hydrogen) atoms. The van der Waals surface area contributed by atoms with Crippen molar-refractivity contribution in [3.8, 4) is 16.9 Å². The average molecular weight is 702 g/mol. The van der Waals surface area contributed by atoms with E-state index < -0.39 is 0 Å². The van der Waals surface area contributed by atoms with E-state index in [1.807, 2.05) is 12.1 Å². The molecule has 0 aliphatic carbocycles. The predicted molar refractivity (Wildman–Crippen MR) is 220 cm³/mol. The van der Waals surface area contributed by atoms with Crippen molar-refractivity contribution in [1.29, 1.82) is 0 Å². The number of hydrogen-bond acceptors (Lipinski definition) is 4.